The highest BCUT2D eigenvalue weighted by Crippen LogP contribution is 2.43. The summed E-state index contributed by atoms with van der Waals surface area (Å²) in [5, 5.41) is 3.01. The van der Waals surface area contributed by atoms with E-state index >= 15 is 0 Å². The summed E-state index contributed by atoms with van der Waals surface area (Å²) in [6, 6.07) is 9.71. The van der Waals surface area contributed by atoms with Crippen LogP contribution >= 0.6 is 0 Å². The third-order valence-corrected chi connectivity index (χ3v) is 4.00. The first kappa shape index (κ1) is 10.6. The van der Waals surface area contributed by atoms with Gasteiger partial charge in [-0.15, -0.1) is 0 Å². The second kappa shape index (κ2) is 4.36. The van der Waals surface area contributed by atoms with Crippen molar-refractivity contribution in [1.82, 2.24) is 0 Å². The number of carbonyl (C=O) groups excluding carboxylic acids is 1. The second-order valence-corrected chi connectivity index (χ2v) is 5.02. The van der Waals surface area contributed by atoms with E-state index in [1.54, 1.807) is 0 Å². The van der Waals surface area contributed by atoms with Crippen molar-refractivity contribution in [2.45, 2.75) is 19.3 Å². The minimum atomic E-state index is 0.0858. The largest absolute Gasteiger partial charge is 0.326 e. The molecule has 0 aromatic heterocycles. The molecule has 88 valence electrons. The number of para-hydroxylation sites is 1. The summed E-state index contributed by atoms with van der Waals surface area (Å²) < 4.78 is 0. The van der Waals surface area contributed by atoms with E-state index in [4.69, 9.17) is 0 Å². The first-order valence-corrected chi connectivity index (χ1v) is 6.39. The molecule has 1 aromatic carbocycles. The van der Waals surface area contributed by atoms with Crippen LogP contribution < -0.4 is 5.32 Å². The van der Waals surface area contributed by atoms with E-state index in [0.29, 0.717) is 11.8 Å². The van der Waals surface area contributed by atoms with Crippen molar-refractivity contribution in [1.29, 1.82) is 0 Å². The Kier molecular flexibility index (Phi) is 2.71. The number of allylic oxidation sites excluding steroid dienone is 1. The van der Waals surface area contributed by atoms with E-state index in [0.717, 1.165) is 5.69 Å². The number of fused-ring (bicyclic) bond motifs is 1. The fourth-order valence-corrected chi connectivity index (χ4v) is 3.14. The zero-order valence-electron chi connectivity index (χ0n) is 9.80. The second-order valence-electron chi connectivity index (χ2n) is 5.02. The first-order valence-electron chi connectivity index (χ1n) is 6.39. The molecule has 2 aliphatic rings. The van der Waals surface area contributed by atoms with Crippen LogP contribution in [0.2, 0.25) is 0 Å². The van der Waals surface area contributed by atoms with Crippen molar-refractivity contribution < 1.29 is 4.79 Å². The van der Waals surface area contributed by atoms with Gasteiger partial charge in [0.25, 0.3) is 0 Å². The third kappa shape index (κ3) is 1.99. The Hall–Kier alpha value is -1.57. The zero-order chi connectivity index (χ0) is 11.7. The molecule has 0 aliphatic heterocycles. The van der Waals surface area contributed by atoms with Gasteiger partial charge in [-0.3, -0.25) is 4.79 Å². The molecular weight excluding hydrogens is 210 g/mol. The van der Waals surface area contributed by atoms with Gasteiger partial charge in [0.15, 0.2) is 0 Å². The van der Waals surface area contributed by atoms with Gasteiger partial charge in [-0.25, -0.2) is 0 Å². The molecule has 0 bridgehead atoms. The number of rotatable bonds is 2. The van der Waals surface area contributed by atoms with Crippen LogP contribution in [0.3, 0.4) is 0 Å². The minimum absolute atomic E-state index is 0.0858. The normalized spacial score (nSPS) is 30.2. The lowest BCUT2D eigenvalue weighted by atomic mass is 9.90. The fourth-order valence-electron chi connectivity index (χ4n) is 3.14. The maximum absolute atomic E-state index is 12.2. The van der Waals surface area contributed by atoms with E-state index in [1.165, 1.54) is 19.3 Å². The smallest absolute Gasteiger partial charge is 0.231 e. The molecule has 2 aliphatic carbocycles. The molecule has 0 spiro atoms. The Labute approximate surface area is 102 Å². The van der Waals surface area contributed by atoms with Crippen molar-refractivity contribution >= 4 is 11.6 Å². The van der Waals surface area contributed by atoms with E-state index in [1.807, 2.05) is 30.3 Å². The van der Waals surface area contributed by atoms with E-state index in [9.17, 15) is 4.79 Å². The molecule has 0 heterocycles. The molecule has 1 saturated carbocycles. The fraction of sp³-hybridized carbons (Fsp3) is 0.400. The monoisotopic (exact) mass is 227 g/mol. The number of benzene rings is 1. The first-order chi connectivity index (χ1) is 8.34. The Bertz CT molecular complexity index is 437. The average molecular weight is 227 g/mol. The SMILES string of the molecule is O=C(Nc1ccccc1)C1C=CC2CCCC21. The lowest BCUT2D eigenvalue weighted by molar-refractivity contribution is -0.119. The Morgan fingerprint density at radius 1 is 1.12 bits per heavy atom. The average Bonchev–Trinajstić information content (AvgIpc) is 2.91. The summed E-state index contributed by atoms with van der Waals surface area (Å²) in [6.07, 6.45) is 8.08. The summed E-state index contributed by atoms with van der Waals surface area (Å²) in [4.78, 5) is 12.2. The Morgan fingerprint density at radius 2 is 1.94 bits per heavy atom. The predicted molar refractivity (Wildman–Crippen MR) is 68.5 cm³/mol. The van der Waals surface area contributed by atoms with Gasteiger partial charge < -0.3 is 5.32 Å². The molecule has 3 atom stereocenters. The molecule has 3 rings (SSSR count). The van der Waals surface area contributed by atoms with Gasteiger partial charge in [0.2, 0.25) is 5.91 Å². The molecule has 0 saturated heterocycles. The van der Waals surface area contributed by atoms with Gasteiger partial charge in [-0.1, -0.05) is 36.8 Å². The van der Waals surface area contributed by atoms with Crippen LogP contribution in [-0.4, -0.2) is 5.91 Å². The van der Waals surface area contributed by atoms with Crippen molar-refractivity contribution in [2.24, 2.45) is 17.8 Å². The molecule has 1 N–H and O–H groups in total. The summed E-state index contributed by atoms with van der Waals surface area (Å²) >= 11 is 0. The van der Waals surface area contributed by atoms with Crippen LogP contribution in [0, 0.1) is 17.8 Å². The van der Waals surface area contributed by atoms with Crippen LogP contribution in [0.1, 0.15) is 19.3 Å². The molecule has 2 heteroatoms. The van der Waals surface area contributed by atoms with Crippen LogP contribution in [0.25, 0.3) is 0 Å². The van der Waals surface area contributed by atoms with Crippen molar-refractivity contribution in [3.8, 4) is 0 Å². The Morgan fingerprint density at radius 3 is 2.76 bits per heavy atom. The minimum Gasteiger partial charge on any atom is -0.326 e. The number of anilines is 1. The van der Waals surface area contributed by atoms with E-state index in [-0.39, 0.29) is 11.8 Å². The van der Waals surface area contributed by atoms with Crippen LogP contribution in [0.15, 0.2) is 42.5 Å². The van der Waals surface area contributed by atoms with Crippen molar-refractivity contribution in [2.75, 3.05) is 5.32 Å². The molecule has 1 aromatic rings. The van der Waals surface area contributed by atoms with Crippen LogP contribution in [-0.2, 0) is 4.79 Å². The van der Waals surface area contributed by atoms with Gasteiger partial charge >= 0.3 is 0 Å². The van der Waals surface area contributed by atoms with Gasteiger partial charge in [0.05, 0.1) is 5.92 Å². The summed E-state index contributed by atoms with van der Waals surface area (Å²) in [7, 11) is 0. The topological polar surface area (TPSA) is 29.1 Å². The van der Waals surface area contributed by atoms with Crippen LogP contribution in [0.5, 0.6) is 0 Å². The Balaban J connectivity index is 1.69. The van der Waals surface area contributed by atoms with Gasteiger partial charge in [0, 0.05) is 5.69 Å². The molecule has 2 nitrogen and oxygen atoms in total. The van der Waals surface area contributed by atoms with Crippen molar-refractivity contribution in [3.05, 3.63) is 42.5 Å². The van der Waals surface area contributed by atoms with Gasteiger partial charge in [-0.2, -0.15) is 0 Å². The lowest BCUT2D eigenvalue weighted by Crippen LogP contribution is -2.26. The summed E-state index contributed by atoms with van der Waals surface area (Å²) in [5.41, 5.74) is 0.896. The van der Waals surface area contributed by atoms with Crippen molar-refractivity contribution in [3.63, 3.8) is 0 Å². The lowest BCUT2D eigenvalue weighted by Gasteiger charge is -2.18. The number of hydrogen-bond acceptors (Lipinski definition) is 1. The van der Waals surface area contributed by atoms with Crippen LogP contribution in [0.4, 0.5) is 5.69 Å². The predicted octanol–water partition coefficient (Wildman–Crippen LogP) is 3.23. The zero-order valence-corrected chi connectivity index (χ0v) is 9.80. The highest BCUT2D eigenvalue weighted by molar-refractivity contribution is 5.94. The summed E-state index contributed by atoms with van der Waals surface area (Å²) in [6.45, 7) is 0. The highest BCUT2D eigenvalue weighted by atomic mass is 16.1. The maximum atomic E-state index is 12.2. The molecule has 0 radical (unpaired) electrons. The molecule has 1 amide bonds. The molecule has 17 heavy (non-hydrogen) atoms. The molecule has 1 fully saturated rings. The standard InChI is InChI=1S/C15H17NO/c17-15(16-12-6-2-1-3-7-12)14-10-9-11-5-4-8-13(11)14/h1-3,6-7,9-11,13-14H,4-5,8H2,(H,16,17). The maximum Gasteiger partial charge on any atom is 0.231 e. The highest BCUT2D eigenvalue weighted by Gasteiger charge is 2.38. The number of amides is 1. The summed E-state index contributed by atoms with van der Waals surface area (Å²) in [5.74, 6) is 1.45. The number of hydrogen-bond donors (Lipinski definition) is 1. The number of nitrogens with one attached hydrogen (secondary N) is 1. The van der Waals surface area contributed by atoms with E-state index < -0.39 is 0 Å². The quantitative estimate of drug-likeness (QED) is 0.772. The molecular formula is C15H17NO. The number of carbonyl (C=O) groups is 1. The molecule has 3 unspecified atom stereocenters. The van der Waals surface area contributed by atoms with Gasteiger partial charge in [0.1, 0.15) is 0 Å². The van der Waals surface area contributed by atoms with E-state index in [2.05, 4.69) is 17.5 Å². The van der Waals surface area contributed by atoms with Gasteiger partial charge in [-0.05, 0) is 36.8 Å². The third-order valence-electron chi connectivity index (χ3n) is 4.00.